The molecule has 0 N–H and O–H groups in total. The minimum atomic E-state index is -0.468. The van der Waals surface area contributed by atoms with Gasteiger partial charge in [-0.25, -0.2) is 0 Å². The Labute approximate surface area is 151 Å². The lowest BCUT2D eigenvalue weighted by Gasteiger charge is -2.11. The number of nitro benzene ring substituents is 1. The lowest BCUT2D eigenvalue weighted by molar-refractivity contribution is -0.384. The SMILES string of the molecule is COC(=O)Cc1cc(Cl)cc(Oc2ccc([N+](=O)[O-])cc2CBr)c1. The zero-order chi connectivity index (χ0) is 17.7. The number of esters is 1. The molecule has 2 aromatic rings. The van der Waals surface area contributed by atoms with E-state index in [4.69, 9.17) is 16.3 Å². The Morgan fingerprint density at radius 2 is 2.04 bits per heavy atom. The number of ether oxygens (including phenoxy) is 2. The summed E-state index contributed by atoms with van der Waals surface area (Å²) < 4.78 is 10.4. The van der Waals surface area contributed by atoms with E-state index in [0.29, 0.717) is 33.0 Å². The van der Waals surface area contributed by atoms with Crippen LogP contribution in [0.4, 0.5) is 5.69 Å². The minimum absolute atomic E-state index is 0.0192. The molecule has 0 aromatic heterocycles. The zero-order valence-corrected chi connectivity index (χ0v) is 15.0. The molecule has 0 saturated heterocycles. The largest absolute Gasteiger partial charge is 0.469 e. The second-order valence-electron chi connectivity index (χ2n) is 4.83. The number of hydrogen-bond acceptors (Lipinski definition) is 5. The maximum atomic E-state index is 11.4. The minimum Gasteiger partial charge on any atom is -0.469 e. The average Bonchev–Trinajstić information content (AvgIpc) is 2.54. The highest BCUT2D eigenvalue weighted by Gasteiger charge is 2.13. The van der Waals surface area contributed by atoms with Crippen LogP contribution in [0.5, 0.6) is 11.5 Å². The fraction of sp³-hybridized carbons (Fsp3) is 0.188. The highest BCUT2D eigenvalue weighted by Crippen LogP contribution is 2.32. The van der Waals surface area contributed by atoms with Gasteiger partial charge in [0.1, 0.15) is 11.5 Å². The number of methoxy groups -OCH3 is 1. The molecule has 0 unspecified atom stereocenters. The molecule has 24 heavy (non-hydrogen) atoms. The van der Waals surface area contributed by atoms with Gasteiger partial charge in [-0.3, -0.25) is 14.9 Å². The maximum absolute atomic E-state index is 11.4. The van der Waals surface area contributed by atoms with E-state index in [1.165, 1.54) is 25.3 Å². The van der Waals surface area contributed by atoms with Crippen LogP contribution in [0.2, 0.25) is 5.02 Å². The first kappa shape index (κ1) is 18.2. The first-order valence-electron chi connectivity index (χ1n) is 6.80. The Morgan fingerprint density at radius 3 is 2.67 bits per heavy atom. The van der Waals surface area contributed by atoms with E-state index in [1.807, 2.05) is 0 Å². The van der Waals surface area contributed by atoms with Crippen molar-refractivity contribution in [1.29, 1.82) is 0 Å². The van der Waals surface area contributed by atoms with E-state index in [-0.39, 0.29) is 18.1 Å². The molecule has 6 nitrogen and oxygen atoms in total. The molecular weight excluding hydrogens is 402 g/mol. The van der Waals surface area contributed by atoms with Crippen LogP contribution in [0.15, 0.2) is 36.4 Å². The summed E-state index contributed by atoms with van der Waals surface area (Å²) in [6.07, 6.45) is 0.0684. The van der Waals surface area contributed by atoms with Gasteiger partial charge in [0.05, 0.1) is 18.5 Å². The topological polar surface area (TPSA) is 78.7 Å². The molecule has 0 aliphatic heterocycles. The third-order valence-electron chi connectivity index (χ3n) is 3.13. The number of nitrogens with zero attached hydrogens (tertiary/aromatic N) is 1. The van der Waals surface area contributed by atoms with Crippen LogP contribution in [-0.2, 0) is 21.3 Å². The Hall–Kier alpha value is -2.12. The second-order valence-corrected chi connectivity index (χ2v) is 5.83. The normalized spacial score (nSPS) is 10.3. The summed E-state index contributed by atoms with van der Waals surface area (Å²) in [5, 5.41) is 11.6. The van der Waals surface area contributed by atoms with Gasteiger partial charge in [0.15, 0.2) is 0 Å². The average molecular weight is 415 g/mol. The van der Waals surface area contributed by atoms with Gasteiger partial charge in [0.25, 0.3) is 5.69 Å². The monoisotopic (exact) mass is 413 g/mol. The van der Waals surface area contributed by atoms with Gasteiger partial charge in [0.2, 0.25) is 0 Å². The van der Waals surface area contributed by atoms with Crippen molar-refractivity contribution in [3.63, 3.8) is 0 Å². The third-order valence-corrected chi connectivity index (χ3v) is 3.96. The fourth-order valence-corrected chi connectivity index (χ4v) is 2.72. The van der Waals surface area contributed by atoms with Gasteiger partial charge in [0, 0.05) is 28.0 Å². The first-order valence-corrected chi connectivity index (χ1v) is 8.30. The summed E-state index contributed by atoms with van der Waals surface area (Å²) in [5.41, 5.74) is 1.25. The predicted octanol–water partition coefficient (Wildman–Crippen LogP) is 4.65. The van der Waals surface area contributed by atoms with Crippen molar-refractivity contribution in [1.82, 2.24) is 0 Å². The Morgan fingerprint density at radius 1 is 1.29 bits per heavy atom. The molecule has 0 saturated carbocycles. The van der Waals surface area contributed by atoms with Crippen molar-refractivity contribution < 1.29 is 19.2 Å². The number of rotatable bonds is 6. The zero-order valence-electron chi connectivity index (χ0n) is 12.6. The molecule has 0 radical (unpaired) electrons. The summed E-state index contributed by atoms with van der Waals surface area (Å²) in [5.74, 6) is 0.501. The maximum Gasteiger partial charge on any atom is 0.309 e. The smallest absolute Gasteiger partial charge is 0.309 e. The van der Waals surface area contributed by atoms with Crippen LogP contribution >= 0.6 is 27.5 Å². The van der Waals surface area contributed by atoms with Crippen LogP contribution in [0.1, 0.15) is 11.1 Å². The molecule has 0 amide bonds. The standard InChI is InChI=1S/C16H13BrClNO5/c1-23-16(20)6-10-4-12(18)8-14(5-10)24-15-3-2-13(19(21)22)7-11(15)9-17/h2-5,7-8H,6,9H2,1H3. The summed E-state index contributed by atoms with van der Waals surface area (Å²) in [7, 11) is 1.31. The Balaban J connectivity index is 2.30. The van der Waals surface area contributed by atoms with Gasteiger partial charge in [-0.2, -0.15) is 0 Å². The van der Waals surface area contributed by atoms with E-state index < -0.39 is 4.92 Å². The van der Waals surface area contributed by atoms with E-state index in [0.717, 1.165) is 0 Å². The third kappa shape index (κ3) is 4.69. The lowest BCUT2D eigenvalue weighted by Crippen LogP contribution is -2.04. The van der Waals surface area contributed by atoms with Crippen molar-refractivity contribution >= 4 is 39.2 Å². The van der Waals surface area contributed by atoms with Crippen molar-refractivity contribution in [2.45, 2.75) is 11.8 Å². The first-order chi connectivity index (χ1) is 11.4. The molecule has 0 atom stereocenters. The van der Waals surface area contributed by atoms with E-state index in [2.05, 4.69) is 20.7 Å². The number of alkyl halides is 1. The van der Waals surface area contributed by atoms with E-state index in [1.54, 1.807) is 18.2 Å². The molecule has 0 bridgehead atoms. The van der Waals surface area contributed by atoms with Crippen LogP contribution in [-0.4, -0.2) is 18.0 Å². The van der Waals surface area contributed by atoms with E-state index in [9.17, 15) is 14.9 Å². The number of carbonyl (C=O) groups is 1. The van der Waals surface area contributed by atoms with Gasteiger partial charge < -0.3 is 9.47 Å². The molecule has 0 aliphatic carbocycles. The van der Waals surface area contributed by atoms with Crippen LogP contribution in [0.3, 0.4) is 0 Å². The number of hydrogen-bond donors (Lipinski definition) is 0. The van der Waals surface area contributed by atoms with E-state index >= 15 is 0 Å². The number of benzene rings is 2. The molecule has 0 heterocycles. The van der Waals surface area contributed by atoms with Crippen molar-refractivity contribution in [2.75, 3.05) is 7.11 Å². The van der Waals surface area contributed by atoms with Gasteiger partial charge in [-0.05, 0) is 29.8 Å². The van der Waals surface area contributed by atoms with Crippen LogP contribution < -0.4 is 4.74 Å². The fourth-order valence-electron chi connectivity index (χ4n) is 2.03. The highest BCUT2D eigenvalue weighted by molar-refractivity contribution is 9.08. The van der Waals surface area contributed by atoms with Gasteiger partial charge in [-0.15, -0.1) is 0 Å². The molecule has 0 fully saturated rings. The summed E-state index contributed by atoms with van der Waals surface area (Å²) in [6.45, 7) is 0. The molecule has 0 spiro atoms. The van der Waals surface area contributed by atoms with Crippen molar-refractivity contribution in [3.8, 4) is 11.5 Å². The quantitative estimate of drug-likeness (QED) is 0.297. The molecule has 8 heteroatoms. The number of carbonyl (C=O) groups excluding carboxylic acids is 1. The summed E-state index contributed by atoms with van der Waals surface area (Å²) in [4.78, 5) is 21.8. The number of nitro groups is 1. The predicted molar refractivity (Wildman–Crippen MR) is 93.0 cm³/mol. The molecule has 2 aromatic carbocycles. The number of halogens is 2. The Bertz CT molecular complexity index is 781. The summed E-state index contributed by atoms with van der Waals surface area (Å²) in [6, 6.07) is 9.23. The molecular formula is C16H13BrClNO5. The Kier molecular flexibility index (Phi) is 6.16. The number of non-ortho nitro benzene ring substituents is 1. The highest BCUT2D eigenvalue weighted by atomic mass is 79.9. The molecule has 126 valence electrons. The van der Waals surface area contributed by atoms with Crippen molar-refractivity contribution in [2.24, 2.45) is 0 Å². The lowest BCUT2D eigenvalue weighted by atomic mass is 10.1. The van der Waals surface area contributed by atoms with Crippen molar-refractivity contribution in [3.05, 3.63) is 62.7 Å². The van der Waals surface area contributed by atoms with Gasteiger partial charge >= 0.3 is 5.97 Å². The van der Waals surface area contributed by atoms with Crippen LogP contribution in [0, 0.1) is 10.1 Å². The summed E-state index contributed by atoms with van der Waals surface area (Å²) >= 11 is 9.34. The second kappa shape index (κ2) is 8.12. The molecule has 2 rings (SSSR count). The molecule has 0 aliphatic rings. The van der Waals surface area contributed by atoms with Gasteiger partial charge in [-0.1, -0.05) is 27.5 Å². The van der Waals surface area contributed by atoms with Crippen LogP contribution in [0.25, 0.3) is 0 Å².